The van der Waals surface area contributed by atoms with E-state index in [4.69, 9.17) is 0 Å². The third-order valence-corrected chi connectivity index (χ3v) is 11.1. The van der Waals surface area contributed by atoms with Crippen molar-refractivity contribution in [1.82, 2.24) is 5.32 Å². The van der Waals surface area contributed by atoms with Crippen molar-refractivity contribution in [2.45, 2.75) is 270 Å². The van der Waals surface area contributed by atoms with Crippen molar-refractivity contribution in [2.24, 2.45) is 0 Å². The lowest BCUT2D eigenvalue weighted by Gasteiger charge is -2.26. The minimum absolute atomic E-state index is 0.146. The van der Waals surface area contributed by atoms with E-state index < -0.39 is 18.2 Å². The number of carbonyl (C=O) groups excluding carboxylic acids is 1. The Balaban J connectivity index is 3.47. The first-order chi connectivity index (χ1) is 26.1. The minimum Gasteiger partial charge on any atom is -0.394 e. The average Bonchev–Trinajstić information content (AvgIpc) is 3.16. The second kappa shape index (κ2) is 43.6. The summed E-state index contributed by atoms with van der Waals surface area (Å²) >= 11 is 0. The van der Waals surface area contributed by atoms with Crippen molar-refractivity contribution >= 4 is 5.91 Å². The average molecular weight is 748 g/mol. The maximum absolute atomic E-state index is 12.4. The van der Waals surface area contributed by atoms with Crippen LogP contribution in [0.2, 0.25) is 0 Å². The smallest absolute Gasteiger partial charge is 0.220 e. The Morgan fingerprint density at radius 2 is 0.811 bits per heavy atom. The van der Waals surface area contributed by atoms with Crippen molar-refractivity contribution in [3.8, 4) is 0 Å². The van der Waals surface area contributed by atoms with Crippen LogP contribution in [0.25, 0.3) is 0 Å². The van der Waals surface area contributed by atoms with E-state index in [1.165, 1.54) is 180 Å². The van der Waals surface area contributed by atoms with Gasteiger partial charge in [0.05, 0.1) is 18.8 Å². The highest BCUT2D eigenvalue weighted by Crippen LogP contribution is 2.16. The molecule has 0 aromatic carbocycles. The first kappa shape index (κ1) is 51.8. The number of carbonyl (C=O) groups is 1. The van der Waals surface area contributed by atoms with Crippen LogP contribution in [-0.2, 0) is 4.79 Å². The summed E-state index contributed by atoms with van der Waals surface area (Å²) in [6.07, 6.45) is 53.3. The van der Waals surface area contributed by atoms with Crippen LogP contribution in [-0.4, -0.2) is 46.1 Å². The number of nitrogens with one attached hydrogen (secondary N) is 1. The van der Waals surface area contributed by atoms with E-state index in [1.54, 1.807) is 0 Å². The fourth-order valence-corrected chi connectivity index (χ4v) is 7.37. The topological polar surface area (TPSA) is 89.8 Å². The maximum atomic E-state index is 12.4. The van der Waals surface area contributed by atoms with E-state index in [9.17, 15) is 20.1 Å². The van der Waals surface area contributed by atoms with Gasteiger partial charge in [-0.05, 0) is 44.9 Å². The molecule has 0 rings (SSSR count). The molecule has 0 radical (unpaired) electrons. The minimum atomic E-state index is -1.13. The SMILES string of the molecule is CCCCCCCCCCC/C=C\C/C=C\CCCCCCCCCCCCCCCCCC(=O)NC(CO)C(O)C(O)CCCCCCCCCC. The molecule has 0 aliphatic carbocycles. The largest absolute Gasteiger partial charge is 0.394 e. The molecule has 314 valence electrons. The van der Waals surface area contributed by atoms with Gasteiger partial charge in [-0.15, -0.1) is 0 Å². The number of aliphatic hydroxyl groups excluding tert-OH is 3. The number of hydrogen-bond acceptors (Lipinski definition) is 4. The van der Waals surface area contributed by atoms with Crippen molar-refractivity contribution in [1.29, 1.82) is 0 Å². The summed E-state index contributed by atoms with van der Waals surface area (Å²) < 4.78 is 0. The van der Waals surface area contributed by atoms with Crippen LogP contribution in [0.5, 0.6) is 0 Å². The van der Waals surface area contributed by atoms with Gasteiger partial charge in [-0.3, -0.25) is 4.79 Å². The first-order valence-corrected chi connectivity index (χ1v) is 23.6. The fraction of sp³-hybridized carbons (Fsp3) is 0.896. The van der Waals surface area contributed by atoms with Crippen LogP contribution in [0.4, 0.5) is 0 Å². The fourth-order valence-electron chi connectivity index (χ4n) is 7.37. The van der Waals surface area contributed by atoms with Crippen LogP contribution in [0, 0.1) is 0 Å². The summed E-state index contributed by atoms with van der Waals surface area (Å²) in [6.45, 7) is 4.15. The van der Waals surface area contributed by atoms with Gasteiger partial charge in [0.1, 0.15) is 6.10 Å². The van der Waals surface area contributed by atoms with Crippen molar-refractivity contribution < 1.29 is 20.1 Å². The van der Waals surface area contributed by atoms with Crippen molar-refractivity contribution in [3.63, 3.8) is 0 Å². The molecule has 0 aromatic rings. The zero-order valence-corrected chi connectivity index (χ0v) is 35.7. The predicted octanol–water partition coefficient (Wildman–Crippen LogP) is 13.8. The Kier molecular flexibility index (Phi) is 42.6. The van der Waals surface area contributed by atoms with E-state index in [0.717, 1.165) is 44.9 Å². The number of aliphatic hydroxyl groups is 3. The molecular formula is C48H93NO4. The normalized spacial score (nSPS) is 13.7. The van der Waals surface area contributed by atoms with Gasteiger partial charge < -0.3 is 20.6 Å². The van der Waals surface area contributed by atoms with Crippen molar-refractivity contribution in [3.05, 3.63) is 24.3 Å². The number of hydrogen-bond donors (Lipinski definition) is 4. The highest BCUT2D eigenvalue weighted by molar-refractivity contribution is 5.76. The monoisotopic (exact) mass is 748 g/mol. The lowest BCUT2D eigenvalue weighted by molar-refractivity contribution is -0.124. The molecule has 3 unspecified atom stereocenters. The van der Waals surface area contributed by atoms with Crippen LogP contribution in [0.15, 0.2) is 24.3 Å². The molecule has 5 nitrogen and oxygen atoms in total. The van der Waals surface area contributed by atoms with Gasteiger partial charge in [0, 0.05) is 6.42 Å². The Bertz CT molecular complexity index is 784. The quantitative estimate of drug-likeness (QED) is 0.0369. The highest BCUT2D eigenvalue weighted by atomic mass is 16.3. The second-order valence-corrected chi connectivity index (χ2v) is 16.3. The van der Waals surface area contributed by atoms with Crippen molar-refractivity contribution in [2.75, 3.05) is 6.61 Å². The summed E-state index contributed by atoms with van der Waals surface area (Å²) in [5, 5.41) is 33.3. The molecule has 0 heterocycles. The number of amides is 1. The maximum Gasteiger partial charge on any atom is 0.220 e. The molecule has 53 heavy (non-hydrogen) atoms. The van der Waals surface area contributed by atoms with Crippen LogP contribution in [0.1, 0.15) is 251 Å². The zero-order valence-electron chi connectivity index (χ0n) is 35.7. The summed E-state index contributed by atoms with van der Waals surface area (Å²) in [7, 11) is 0. The van der Waals surface area contributed by atoms with Crippen LogP contribution < -0.4 is 5.32 Å². The highest BCUT2D eigenvalue weighted by Gasteiger charge is 2.26. The zero-order chi connectivity index (χ0) is 38.7. The van der Waals surface area contributed by atoms with Gasteiger partial charge in [-0.25, -0.2) is 0 Å². The standard InChI is InChI=1S/C48H93NO4/c1-3-5-7-9-11-13-14-15-16-17-18-19-20-21-22-23-24-25-26-27-28-29-30-31-32-33-34-35-37-39-41-43-47(52)49-45(44-50)48(53)46(51)42-40-38-36-12-10-8-6-4-2/h18-19,21-22,45-46,48,50-51,53H,3-17,20,23-44H2,1-2H3,(H,49,52)/b19-18-,22-21-. The van der Waals surface area contributed by atoms with Gasteiger partial charge >= 0.3 is 0 Å². The lowest BCUT2D eigenvalue weighted by atomic mass is 9.99. The molecule has 0 aliphatic rings. The number of unbranched alkanes of at least 4 members (excludes halogenated alkanes) is 31. The molecular weight excluding hydrogens is 655 g/mol. The summed E-state index contributed by atoms with van der Waals surface area (Å²) in [6, 6.07) is -0.805. The molecule has 4 N–H and O–H groups in total. The van der Waals surface area contributed by atoms with Gasteiger partial charge in [-0.1, -0.05) is 224 Å². The molecule has 3 atom stereocenters. The molecule has 0 saturated heterocycles. The van der Waals surface area contributed by atoms with E-state index in [0.29, 0.717) is 12.8 Å². The molecule has 0 aromatic heterocycles. The summed E-state index contributed by atoms with van der Waals surface area (Å²) in [5.41, 5.74) is 0. The summed E-state index contributed by atoms with van der Waals surface area (Å²) in [5.74, 6) is -0.146. The Labute approximate surface area is 331 Å². The predicted molar refractivity (Wildman–Crippen MR) is 231 cm³/mol. The number of rotatable bonds is 43. The van der Waals surface area contributed by atoms with E-state index >= 15 is 0 Å². The summed E-state index contributed by atoms with van der Waals surface area (Å²) in [4.78, 5) is 12.4. The molecule has 1 amide bonds. The van der Waals surface area contributed by atoms with Gasteiger partial charge in [0.2, 0.25) is 5.91 Å². The van der Waals surface area contributed by atoms with Gasteiger partial charge in [-0.2, -0.15) is 0 Å². The molecule has 5 heteroatoms. The molecule has 0 fully saturated rings. The molecule has 0 spiro atoms. The molecule has 0 saturated carbocycles. The van der Waals surface area contributed by atoms with Gasteiger partial charge in [0.25, 0.3) is 0 Å². The Morgan fingerprint density at radius 3 is 1.19 bits per heavy atom. The lowest BCUT2D eigenvalue weighted by Crippen LogP contribution is -2.50. The number of allylic oxidation sites excluding steroid dienone is 4. The molecule has 0 bridgehead atoms. The van der Waals surface area contributed by atoms with Crippen LogP contribution in [0.3, 0.4) is 0 Å². The van der Waals surface area contributed by atoms with E-state index in [-0.39, 0.29) is 12.5 Å². The Hall–Kier alpha value is -1.17. The van der Waals surface area contributed by atoms with E-state index in [1.807, 2.05) is 0 Å². The Morgan fingerprint density at radius 1 is 0.472 bits per heavy atom. The third kappa shape index (κ3) is 38.9. The van der Waals surface area contributed by atoms with Crippen LogP contribution >= 0.6 is 0 Å². The third-order valence-electron chi connectivity index (χ3n) is 11.1. The van der Waals surface area contributed by atoms with E-state index in [2.05, 4.69) is 43.5 Å². The van der Waals surface area contributed by atoms with Gasteiger partial charge in [0.15, 0.2) is 0 Å². The second-order valence-electron chi connectivity index (χ2n) is 16.3. The molecule has 0 aliphatic heterocycles. The first-order valence-electron chi connectivity index (χ1n) is 23.6.